The summed E-state index contributed by atoms with van der Waals surface area (Å²) in [5.74, 6) is -1.07. The summed E-state index contributed by atoms with van der Waals surface area (Å²) in [5.41, 5.74) is 3.01. The van der Waals surface area contributed by atoms with E-state index in [0.717, 1.165) is 16.8 Å². The van der Waals surface area contributed by atoms with Gasteiger partial charge in [0.05, 0.1) is 5.69 Å². The van der Waals surface area contributed by atoms with Gasteiger partial charge in [-0.05, 0) is 43.4 Å². The molecule has 2 rings (SSSR count). The normalized spacial score (nSPS) is 11.2. The fourth-order valence-electron chi connectivity index (χ4n) is 2.66. The number of hydrogen-bond donors (Lipinski definition) is 1. The Balaban J connectivity index is 1.78. The third-order valence-corrected chi connectivity index (χ3v) is 4.39. The van der Waals surface area contributed by atoms with Gasteiger partial charge in [0.1, 0.15) is 5.76 Å². The Morgan fingerprint density at radius 1 is 1.11 bits per heavy atom. The van der Waals surface area contributed by atoms with Gasteiger partial charge in [0, 0.05) is 17.5 Å². The van der Waals surface area contributed by atoms with Gasteiger partial charge in [-0.3, -0.25) is 19.7 Å². The van der Waals surface area contributed by atoms with E-state index in [4.69, 9.17) is 9.26 Å². The fourth-order valence-corrected chi connectivity index (χ4v) is 2.66. The summed E-state index contributed by atoms with van der Waals surface area (Å²) >= 11 is 0. The molecule has 7 heteroatoms. The Hall–Kier alpha value is -2.96. The van der Waals surface area contributed by atoms with Crippen LogP contribution in [-0.4, -0.2) is 29.5 Å². The van der Waals surface area contributed by atoms with E-state index < -0.39 is 24.4 Å². The molecule has 0 aliphatic heterocycles. The molecule has 2 aromatic rings. The SMILES string of the molecule is Cc1noc(C)c1CCC(=O)OCC(=O)NC(=O)c1ccc(C(C)(C)C)cc1. The van der Waals surface area contributed by atoms with E-state index in [2.05, 4.69) is 31.2 Å². The van der Waals surface area contributed by atoms with Crippen LogP contribution in [0.15, 0.2) is 28.8 Å². The van der Waals surface area contributed by atoms with Gasteiger partial charge in [-0.15, -0.1) is 0 Å². The number of esters is 1. The van der Waals surface area contributed by atoms with Gasteiger partial charge >= 0.3 is 5.97 Å². The van der Waals surface area contributed by atoms with Gasteiger partial charge in [0.2, 0.25) is 0 Å². The molecule has 0 atom stereocenters. The largest absolute Gasteiger partial charge is 0.456 e. The van der Waals surface area contributed by atoms with Crippen LogP contribution in [0.4, 0.5) is 0 Å². The van der Waals surface area contributed by atoms with Crippen LogP contribution in [0.1, 0.15) is 60.1 Å². The number of nitrogens with one attached hydrogen (secondary N) is 1. The quantitative estimate of drug-likeness (QED) is 0.766. The maximum atomic E-state index is 12.1. The predicted molar refractivity (Wildman–Crippen MR) is 103 cm³/mol. The highest BCUT2D eigenvalue weighted by Gasteiger charge is 2.17. The number of rotatable bonds is 6. The summed E-state index contributed by atoms with van der Waals surface area (Å²) in [6.45, 7) is 9.28. The average Bonchev–Trinajstić information content (AvgIpc) is 2.95. The number of aryl methyl sites for hydroxylation is 2. The highest BCUT2D eigenvalue weighted by atomic mass is 16.5. The number of aromatic nitrogens is 1. The van der Waals surface area contributed by atoms with E-state index in [-0.39, 0.29) is 11.8 Å². The molecule has 0 unspecified atom stereocenters. The van der Waals surface area contributed by atoms with Crippen molar-refractivity contribution in [3.63, 3.8) is 0 Å². The van der Waals surface area contributed by atoms with Crippen LogP contribution in [0.2, 0.25) is 0 Å². The van der Waals surface area contributed by atoms with Crippen molar-refractivity contribution in [3.05, 3.63) is 52.4 Å². The lowest BCUT2D eigenvalue weighted by Crippen LogP contribution is -2.34. The summed E-state index contributed by atoms with van der Waals surface area (Å²) in [7, 11) is 0. The third kappa shape index (κ3) is 5.77. The van der Waals surface area contributed by atoms with Crippen LogP contribution in [0.25, 0.3) is 0 Å². The van der Waals surface area contributed by atoms with E-state index in [9.17, 15) is 14.4 Å². The number of nitrogens with zero attached hydrogens (tertiary/aromatic N) is 1. The van der Waals surface area contributed by atoms with Crippen LogP contribution in [0.3, 0.4) is 0 Å². The first kappa shape index (κ1) is 21.3. The van der Waals surface area contributed by atoms with Crippen LogP contribution in [-0.2, 0) is 26.2 Å². The van der Waals surface area contributed by atoms with Gasteiger partial charge < -0.3 is 9.26 Å². The molecule has 7 nitrogen and oxygen atoms in total. The van der Waals surface area contributed by atoms with E-state index in [1.807, 2.05) is 12.1 Å². The molecule has 2 amide bonds. The minimum atomic E-state index is -0.671. The van der Waals surface area contributed by atoms with Gasteiger partial charge in [0.15, 0.2) is 6.61 Å². The molecular formula is C21H26N2O5. The van der Waals surface area contributed by atoms with E-state index in [0.29, 0.717) is 17.7 Å². The second-order valence-electron chi connectivity index (χ2n) is 7.67. The number of ether oxygens (including phenoxy) is 1. The number of amides is 2. The van der Waals surface area contributed by atoms with Crippen LogP contribution in [0, 0.1) is 13.8 Å². The van der Waals surface area contributed by atoms with Crippen molar-refractivity contribution >= 4 is 17.8 Å². The highest BCUT2D eigenvalue weighted by molar-refractivity contribution is 6.05. The van der Waals surface area contributed by atoms with Crippen molar-refractivity contribution in [2.75, 3.05) is 6.61 Å². The molecule has 0 radical (unpaired) electrons. The lowest BCUT2D eigenvalue weighted by Gasteiger charge is -2.18. The van der Waals surface area contributed by atoms with Crippen molar-refractivity contribution in [2.24, 2.45) is 0 Å². The maximum absolute atomic E-state index is 12.1. The molecule has 28 heavy (non-hydrogen) atoms. The first-order valence-corrected chi connectivity index (χ1v) is 9.10. The standard InChI is InChI=1S/C21H26N2O5/c1-13-17(14(2)28-23-13)10-11-19(25)27-12-18(24)22-20(26)15-6-8-16(9-7-15)21(3,4)5/h6-9H,10-12H2,1-5H3,(H,22,24,26). The van der Waals surface area contributed by atoms with Crippen molar-refractivity contribution in [1.82, 2.24) is 10.5 Å². The topological polar surface area (TPSA) is 98.5 Å². The smallest absolute Gasteiger partial charge is 0.306 e. The van der Waals surface area contributed by atoms with Gasteiger partial charge in [-0.2, -0.15) is 0 Å². The molecule has 1 N–H and O–H groups in total. The van der Waals surface area contributed by atoms with Gasteiger partial charge in [-0.25, -0.2) is 0 Å². The Morgan fingerprint density at radius 3 is 2.29 bits per heavy atom. The summed E-state index contributed by atoms with van der Waals surface area (Å²) in [5, 5.41) is 6.04. The third-order valence-electron chi connectivity index (χ3n) is 4.39. The van der Waals surface area contributed by atoms with Crippen LogP contribution < -0.4 is 5.32 Å². The zero-order valence-electron chi connectivity index (χ0n) is 16.9. The fraction of sp³-hybridized carbons (Fsp3) is 0.429. The lowest BCUT2D eigenvalue weighted by atomic mass is 9.87. The zero-order valence-corrected chi connectivity index (χ0v) is 16.9. The minimum Gasteiger partial charge on any atom is -0.456 e. The second-order valence-corrected chi connectivity index (χ2v) is 7.67. The average molecular weight is 386 g/mol. The number of benzene rings is 1. The predicted octanol–water partition coefficient (Wildman–Crippen LogP) is 3.02. The molecule has 0 spiro atoms. The highest BCUT2D eigenvalue weighted by Crippen LogP contribution is 2.22. The molecule has 0 fully saturated rings. The molecule has 0 aliphatic rings. The molecular weight excluding hydrogens is 360 g/mol. The summed E-state index contributed by atoms with van der Waals surface area (Å²) < 4.78 is 9.96. The molecule has 1 aromatic heterocycles. The lowest BCUT2D eigenvalue weighted by molar-refractivity contribution is -0.148. The van der Waals surface area contributed by atoms with Crippen molar-refractivity contribution in [1.29, 1.82) is 0 Å². The zero-order chi connectivity index (χ0) is 20.9. The summed E-state index contributed by atoms with van der Waals surface area (Å²) in [4.78, 5) is 35.8. The summed E-state index contributed by atoms with van der Waals surface area (Å²) in [6, 6.07) is 7.04. The van der Waals surface area contributed by atoms with Gasteiger partial charge in [-0.1, -0.05) is 38.1 Å². The second kappa shape index (κ2) is 8.82. The van der Waals surface area contributed by atoms with Crippen molar-refractivity contribution in [2.45, 2.75) is 52.9 Å². The van der Waals surface area contributed by atoms with Gasteiger partial charge in [0.25, 0.3) is 11.8 Å². The Bertz CT molecular complexity index is 840. The molecule has 0 aliphatic carbocycles. The first-order valence-electron chi connectivity index (χ1n) is 9.10. The minimum absolute atomic E-state index is 0.0252. The Labute approximate surface area is 164 Å². The molecule has 1 aromatic carbocycles. The van der Waals surface area contributed by atoms with Crippen LogP contribution >= 0.6 is 0 Å². The Morgan fingerprint density at radius 2 is 1.75 bits per heavy atom. The molecule has 0 saturated carbocycles. The molecule has 0 saturated heterocycles. The van der Waals surface area contributed by atoms with Crippen LogP contribution in [0.5, 0.6) is 0 Å². The number of imide groups is 1. The molecule has 0 bridgehead atoms. The van der Waals surface area contributed by atoms with E-state index >= 15 is 0 Å². The maximum Gasteiger partial charge on any atom is 0.306 e. The monoisotopic (exact) mass is 386 g/mol. The van der Waals surface area contributed by atoms with E-state index in [1.165, 1.54) is 0 Å². The Kier molecular flexibility index (Phi) is 6.72. The number of carbonyl (C=O) groups is 3. The molecule has 1 heterocycles. The summed E-state index contributed by atoms with van der Waals surface area (Å²) in [6.07, 6.45) is 0.513. The first-order chi connectivity index (χ1) is 13.1. The number of carbonyl (C=O) groups excluding carboxylic acids is 3. The van der Waals surface area contributed by atoms with Crippen molar-refractivity contribution in [3.8, 4) is 0 Å². The van der Waals surface area contributed by atoms with E-state index in [1.54, 1.807) is 26.0 Å². The number of hydrogen-bond acceptors (Lipinski definition) is 6. The molecule has 150 valence electrons. The van der Waals surface area contributed by atoms with Crippen molar-refractivity contribution < 1.29 is 23.6 Å².